The van der Waals surface area contributed by atoms with E-state index in [4.69, 9.17) is 5.73 Å². The molecule has 0 unspecified atom stereocenters. The molecular weight excluding hydrogens is 310 g/mol. The number of primary amides is 1. The van der Waals surface area contributed by atoms with E-state index in [0.29, 0.717) is 23.6 Å². The van der Waals surface area contributed by atoms with Gasteiger partial charge in [0.1, 0.15) is 11.5 Å². The van der Waals surface area contributed by atoms with E-state index >= 15 is 0 Å². The molecule has 25 heavy (non-hydrogen) atoms. The van der Waals surface area contributed by atoms with Crippen LogP contribution in [0.2, 0.25) is 0 Å². The second-order valence-corrected chi connectivity index (χ2v) is 7.60. The Bertz CT molecular complexity index is 918. The third kappa shape index (κ3) is 2.38. The summed E-state index contributed by atoms with van der Waals surface area (Å²) in [4.78, 5) is 16.1. The van der Waals surface area contributed by atoms with E-state index in [9.17, 15) is 4.79 Å². The van der Waals surface area contributed by atoms with Gasteiger partial charge in [-0.3, -0.25) is 4.79 Å². The first-order chi connectivity index (χ1) is 12.2. The molecule has 0 saturated heterocycles. The predicted molar refractivity (Wildman–Crippen MR) is 96.0 cm³/mol. The van der Waals surface area contributed by atoms with Gasteiger partial charge in [0.15, 0.2) is 0 Å². The quantitative estimate of drug-likeness (QED) is 0.811. The number of carbonyl (C=O) groups is 1. The summed E-state index contributed by atoms with van der Waals surface area (Å²) in [5.74, 6) is 8.36. The average Bonchev–Trinajstić information content (AvgIpc) is 3.19. The monoisotopic (exact) mass is 331 g/mol. The first kappa shape index (κ1) is 14.8. The molecule has 1 amide bonds. The van der Waals surface area contributed by atoms with Crippen LogP contribution in [0, 0.1) is 17.8 Å². The van der Waals surface area contributed by atoms with Gasteiger partial charge in [-0.25, -0.2) is 4.98 Å². The average molecular weight is 331 g/mol. The van der Waals surface area contributed by atoms with Gasteiger partial charge in [-0.05, 0) is 49.3 Å². The maximum absolute atomic E-state index is 11.6. The van der Waals surface area contributed by atoms with Crippen LogP contribution in [-0.2, 0) is 0 Å². The molecular formula is C21H21N3O. The maximum atomic E-state index is 11.6. The number of amides is 1. The minimum Gasteiger partial charge on any atom is -0.364 e. The Morgan fingerprint density at radius 1 is 1.24 bits per heavy atom. The molecule has 4 heteroatoms. The summed E-state index contributed by atoms with van der Waals surface area (Å²) in [6.07, 6.45) is 9.12. The third-order valence-corrected chi connectivity index (χ3v) is 6.00. The predicted octanol–water partition coefficient (Wildman–Crippen LogP) is 3.62. The van der Waals surface area contributed by atoms with Gasteiger partial charge in [0.05, 0.1) is 0 Å². The van der Waals surface area contributed by atoms with Crippen molar-refractivity contribution in [2.24, 2.45) is 11.7 Å². The van der Waals surface area contributed by atoms with Gasteiger partial charge in [-0.1, -0.05) is 30.7 Å². The number of nitrogens with zero attached hydrogens (tertiary/aromatic N) is 2. The van der Waals surface area contributed by atoms with E-state index in [1.807, 2.05) is 6.20 Å². The first-order valence-corrected chi connectivity index (χ1v) is 9.23. The van der Waals surface area contributed by atoms with Crippen LogP contribution >= 0.6 is 0 Å². The summed E-state index contributed by atoms with van der Waals surface area (Å²) in [5.41, 5.74) is 9.31. The molecule has 0 radical (unpaired) electrons. The Morgan fingerprint density at radius 2 is 2.04 bits per heavy atom. The van der Waals surface area contributed by atoms with Crippen LogP contribution < -0.4 is 5.73 Å². The summed E-state index contributed by atoms with van der Waals surface area (Å²) >= 11 is 0. The molecule has 126 valence electrons. The molecule has 3 heterocycles. The van der Waals surface area contributed by atoms with Gasteiger partial charge in [-0.2, -0.15) is 0 Å². The fourth-order valence-corrected chi connectivity index (χ4v) is 4.50. The lowest BCUT2D eigenvalue weighted by Gasteiger charge is -2.34. The van der Waals surface area contributed by atoms with Gasteiger partial charge in [0, 0.05) is 29.3 Å². The van der Waals surface area contributed by atoms with Crippen molar-refractivity contribution >= 4 is 5.91 Å². The number of benzene rings is 1. The first-order valence-electron chi connectivity index (χ1n) is 9.23. The highest BCUT2D eigenvalue weighted by Crippen LogP contribution is 2.51. The SMILES string of the molecule is NC(=O)c1cn2c(n1)-c1cc(C#CC3CCCC3)ccc1C1CC2C1. The minimum absolute atomic E-state index is 0.355. The van der Waals surface area contributed by atoms with Crippen LogP contribution in [0.4, 0.5) is 0 Å². The van der Waals surface area contributed by atoms with E-state index in [0.717, 1.165) is 29.8 Å². The summed E-state index contributed by atoms with van der Waals surface area (Å²) in [6.45, 7) is 0. The van der Waals surface area contributed by atoms with Crippen molar-refractivity contribution in [2.75, 3.05) is 0 Å². The van der Waals surface area contributed by atoms with Gasteiger partial charge in [0.2, 0.25) is 0 Å². The fourth-order valence-electron chi connectivity index (χ4n) is 4.50. The van der Waals surface area contributed by atoms with Crippen LogP contribution in [0.25, 0.3) is 11.4 Å². The highest BCUT2D eigenvalue weighted by atomic mass is 16.1. The highest BCUT2D eigenvalue weighted by Gasteiger charge is 2.38. The third-order valence-electron chi connectivity index (χ3n) is 6.00. The Kier molecular flexibility index (Phi) is 3.24. The molecule has 2 bridgehead atoms. The Labute approximate surface area is 147 Å². The lowest BCUT2D eigenvalue weighted by atomic mass is 9.75. The molecule has 2 aliphatic heterocycles. The largest absolute Gasteiger partial charge is 0.364 e. The molecule has 1 aromatic heterocycles. The van der Waals surface area contributed by atoms with Gasteiger partial charge in [-0.15, -0.1) is 0 Å². The van der Waals surface area contributed by atoms with Crippen LogP contribution in [0.15, 0.2) is 24.4 Å². The summed E-state index contributed by atoms with van der Waals surface area (Å²) in [7, 11) is 0. The van der Waals surface area contributed by atoms with Crippen molar-refractivity contribution in [1.29, 1.82) is 0 Å². The lowest BCUT2D eigenvalue weighted by Crippen LogP contribution is -2.22. The maximum Gasteiger partial charge on any atom is 0.268 e. The minimum atomic E-state index is -0.463. The van der Waals surface area contributed by atoms with Gasteiger partial charge in [0.25, 0.3) is 5.91 Å². The zero-order valence-electron chi connectivity index (χ0n) is 14.2. The van der Waals surface area contributed by atoms with Crippen molar-refractivity contribution in [3.8, 4) is 23.2 Å². The number of aromatic nitrogens is 2. The molecule has 0 atom stereocenters. The van der Waals surface area contributed by atoms with E-state index in [-0.39, 0.29) is 0 Å². The number of rotatable bonds is 1. The van der Waals surface area contributed by atoms with Gasteiger partial charge >= 0.3 is 0 Å². The lowest BCUT2D eigenvalue weighted by molar-refractivity contribution is 0.0996. The van der Waals surface area contributed by atoms with Crippen LogP contribution in [0.3, 0.4) is 0 Å². The van der Waals surface area contributed by atoms with E-state index < -0.39 is 5.91 Å². The zero-order valence-corrected chi connectivity index (χ0v) is 14.2. The Morgan fingerprint density at radius 3 is 2.80 bits per heavy atom. The molecule has 2 fully saturated rings. The summed E-state index contributed by atoms with van der Waals surface area (Å²) < 4.78 is 2.15. The number of hydrogen-bond acceptors (Lipinski definition) is 2. The molecule has 1 aromatic carbocycles. The molecule has 2 aromatic rings. The topological polar surface area (TPSA) is 60.9 Å². The summed E-state index contributed by atoms with van der Waals surface area (Å²) in [5, 5.41) is 0. The van der Waals surface area contributed by atoms with E-state index in [1.54, 1.807) is 0 Å². The van der Waals surface area contributed by atoms with E-state index in [2.05, 4.69) is 39.6 Å². The number of nitrogens with two attached hydrogens (primary N) is 1. The normalized spacial score (nSPS) is 23.7. The standard InChI is InChI=1S/C21H21N3O/c22-20(25)19-12-24-16-10-15(11-16)17-8-7-14(9-18(17)21(24)23-19)6-5-13-3-1-2-4-13/h7-9,12-13,15-16H,1-4,10-11H2,(H2,22,25). The van der Waals surface area contributed by atoms with E-state index in [1.165, 1.54) is 31.2 Å². The van der Waals surface area contributed by atoms with Crippen LogP contribution in [0.1, 0.15) is 72.1 Å². The molecule has 2 N–H and O–H groups in total. The smallest absolute Gasteiger partial charge is 0.268 e. The molecule has 2 saturated carbocycles. The van der Waals surface area contributed by atoms with Crippen LogP contribution in [0.5, 0.6) is 0 Å². The number of hydrogen-bond donors (Lipinski definition) is 1. The Hall–Kier alpha value is -2.54. The van der Waals surface area contributed by atoms with Crippen molar-refractivity contribution in [2.45, 2.75) is 50.5 Å². The Balaban J connectivity index is 1.59. The second-order valence-electron chi connectivity index (χ2n) is 7.60. The van der Waals surface area contributed by atoms with Crippen LogP contribution in [-0.4, -0.2) is 15.5 Å². The van der Waals surface area contributed by atoms with Crippen molar-refractivity contribution in [3.63, 3.8) is 0 Å². The molecule has 6 rings (SSSR count). The second kappa shape index (κ2) is 5.49. The number of imidazole rings is 1. The fraction of sp³-hybridized carbons (Fsp3) is 0.429. The molecule has 2 aliphatic carbocycles. The molecule has 4 nitrogen and oxygen atoms in total. The van der Waals surface area contributed by atoms with Gasteiger partial charge < -0.3 is 10.3 Å². The highest BCUT2D eigenvalue weighted by molar-refractivity contribution is 5.91. The molecule has 4 aliphatic rings. The summed E-state index contributed by atoms with van der Waals surface area (Å²) in [6, 6.07) is 6.94. The number of carbonyl (C=O) groups excluding carboxylic acids is 1. The van der Waals surface area contributed by atoms with Crippen molar-refractivity contribution in [3.05, 3.63) is 41.2 Å². The van der Waals surface area contributed by atoms with Crippen molar-refractivity contribution in [1.82, 2.24) is 9.55 Å². The van der Waals surface area contributed by atoms with Crippen molar-refractivity contribution < 1.29 is 4.79 Å². The zero-order chi connectivity index (χ0) is 17.0. The molecule has 0 spiro atoms.